The van der Waals surface area contributed by atoms with Crippen molar-refractivity contribution in [1.82, 2.24) is 0 Å². The van der Waals surface area contributed by atoms with Gasteiger partial charge in [0.05, 0.1) is 5.56 Å². The quantitative estimate of drug-likeness (QED) is 0.671. The van der Waals surface area contributed by atoms with E-state index in [1.165, 1.54) is 0 Å². The molecule has 0 radical (unpaired) electrons. The lowest BCUT2D eigenvalue weighted by molar-refractivity contribution is 0.472. The number of nitriles is 1. The maximum absolute atomic E-state index is 9.17. The molecular weight excluding hydrogens is 248 g/mol. The Morgan fingerprint density at radius 1 is 1.35 bits per heavy atom. The zero-order valence-electron chi connectivity index (χ0n) is 11.4. The Morgan fingerprint density at radius 3 is 2.85 bits per heavy atom. The summed E-state index contributed by atoms with van der Waals surface area (Å²) in [7, 11) is 0. The zero-order valence-corrected chi connectivity index (χ0v) is 11.4. The molecule has 0 aliphatic heterocycles. The van der Waals surface area contributed by atoms with E-state index in [1.54, 1.807) is 18.2 Å². The number of nitrogens with zero attached hydrogens (tertiary/aromatic N) is 1. The number of hydrogen-bond donors (Lipinski definition) is 1. The van der Waals surface area contributed by atoms with Crippen molar-refractivity contribution in [3.05, 3.63) is 65.7 Å². The van der Waals surface area contributed by atoms with Crippen LogP contribution in [-0.2, 0) is 6.42 Å². The summed E-state index contributed by atoms with van der Waals surface area (Å²) >= 11 is 0. The van der Waals surface area contributed by atoms with Crippen LogP contribution in [0.1, 0.15) is 16.7 Å². The Balaban J connectivity index is 2.45. The maximum atomic E-state index is 9.17. The second kappa shape index (κ2) is 5.94. The van der Waals surface area contributed by atoms with E-state index in [1.807, 2.05) is 31.2 Å². The first-order valence-corrected chi connectivity index (χ1v) is 6.32. The molecule has 0 saturated carbocycles. The van der Waals surface area contributed by atoms with Crippen LogP contribution in [0.4, 0.5) is 5.69 Å². The third kappa shape index (κ3) is 2.81. The second-order valence-electron chi connectivity index (χ2n) is 4.53. The molecule has 3 heteroatoms. The lowest BCUT2D eigenvalue weighted by Crippen LogP contribution is -1.96. The smallest absolute Gasteiger partial charge is 0.148 e. The van der Waals surface area contributed by atoms with Crippen LogP contribution in [0.3, 0.4) is 0 Å². The number of allylic oxidation sites excluding steroid dienone is 1. The van der Waals surface area contributed by atoms with E-state index in [0.29, 0.717) is 29.2 Å². The molecule has 20 heavy (non-hydrogen) atoms. The van der Waals surface area contributed by atoms with Gasteiger partial charge in [0.15, 0.2) is 0 Å². The summed E-state index contributed by atoms with van der Waals surface area (Å²) in [6, 6.07) is 13.1. The highest BCUT2D eigenvalue weighted by Gasteiger charge is 2.10. The lowest BCUT2D eigenvalue weighted by Gasteiger charge is -2.13. The Bertz CT molecular complexity index is 684. The molecule has 0 unspecified atom stereocenters. The van der Waals surface area contributed by atoms with Crippen LogP contribution < -0.4 is 10.5 Å². The predicted molar refractivity (Wildman–Crippen MR) is 80.7 cm³/mol. The van der Waals surface area contributed by atoms with Gasteiger partial charge in [-0.05, 0) is 43.2 Å². The number of ether oxygens (including phenoxy) is 1. The van der Waals surface area contributed by atoms with E-state index in [-0.39, 0.29) is 0 Å². The van der Waals surface area contributed by atoms with Crippen molar-refractivity contribution in [3.8, 4) is 17.6 Å². The molecule has 0 heterocycles. The van der Waals surface area contributed by atoms with Crippen LogP contribution >= 0.6 is 0 Å². The first-order valence-electron chi connectivity index (χ1n) is 6.32. The summed E-state index contributed by atoms with van der Waals surface area (Å²) < 4.78 is 5.94. The normalized spacial score (nSPS) is 9.80. The molecular formula is C17H16N2O. The van der Waals surface area contributed by atoms with Gasteiger partial charge in [-0.1, -0.05) is 18.2 Å². The van der Waals surface area contributed by atoms with Crippen molar-refractivity contribution in [1.29, 1.82) is 5.26 Å². The molecule has 0 saturated heterocycles. The van der Waals surface area contributed by atoms with Gasteiger partial charge in [0, 0.05) is 11.3 Å². The molecule has 100 valence electrons. The number of benzene rings is 2. The second-order valence-corrected chi connectivity index (χ2v) is 4.53. The summed E-state index contributed by atoms with van der Waals surface area (Å²) in [6.45, 7) is 5.65. The molecule has 0 spiro atoms. The predicted octanol–water partition coefficient (Wildman–Crippen LogP) is 3.97. The number of nitrogens with two attached hydrogens (primary N) is 1. The highest BCUT2D eigenvalue weighted by atomic mass is 16.5. The highest BCUT2D eigenvalue weighted by molar-refractivity contribution is 5.53. The molecule has 2 rings (SSSR count). The largest absolute Gasteiger partial charge is 0.455 e. The minimum atomic E-state index is 0.520. The molecule has 0 aliphatic rings. The molecule has 0 atom stereocenters. The third-order valence-electron chi connectivity index (χ3n) is 2.99. The Kier molecular flexibility index (Phi) is 4.07. The van der Waals surface area contributed by atoms with Crippen LogP contribution in [-0.4, -0.2) is 0 Å². The fourth-order valence-electron chi connectivity index (χ4n) is 2.00. The van der Waals surface area contributed by atoms with Gasteiger partial charge in [-0.3, -0.25) is 0 Å². The molecule has 2 aromatic carbocycles. The average Bonchev–Trinajstić information content (AvgIpc) is 2.44. The van der Waals surface area contributed by atoms with Crippen LogP contribution in [0.2, 0.25) is 0 Å². The standard InChI is InChI=1S/C17H16N2O/c1-3-5-13-10-15(19)8-9-16(13)20-17-12(2)6-4-7-14(17)11-18/h3-4,6-10H,1,5,19H2,2H3. The maximum Gasteiger partial charge on any atom is 0.148 e. The molecule has 3 nitrogen and oxygen atoms in total. The molecule has 2 aromatic rings. The number of aryl methyl sites for hydroxylation is 1. The number of hydrogen-bond acceptors (Lipinski definition) is 3. The number of rotatable bonds is 4. The van der Waals surface area contributed by atoms with Gasteiger partial charge < -0.3 is 10.5 Å². The Morgan fingerprint density at radius 2 is 2.15 bits per heavy atom. The van der Waals surface area contributed by atoms with Crippen LogP contribution in [0.5, 0.6) is 11.5 Å². The fourth-order valence-corrected chi connectivity index (χ4v) is 2.00. The van der Waals surface area contributed by atoms with Gasteiger partial charge in [-0.25, -0.2) is 0 Å². The molecule has 2 N–H and O–H groups in total. The van der Waals surface area contributed by atoms with Crippen molar-refractivity contribution in [2.45, 2.75) is 13.3 Å². The van der Waals surface area contributed by atoms with Crippen LogP contribution in [0.25, 0.3) is 0 Å². The van der Waals surface area contributed by atoms with E-state index < -0.39 is 0 Å². The first-order chi connectivity index (χ1) is 9.65. The fraction of sp³-hybridized carbons (Fsp3) is 0.118. The summed E-state index contributed by atoms with van der Waals surface area (Å²) in [5.41, 5.74) is 8.87. The monoisotopic (exact) mass is 264 g/mol. The molecule has 0 amide bonds. The minimum absolute atomic E-state index is 0.520. The lowest BCUT2D eigenvalue weighted by atomic mass is 10.1. The summed E-state index contributed by atoms with van der Waals surface area (Å²) in [4.78, 5) is 0. The van der Waals surface area contributed by atoms with Crippen molar-refractivity contribution in [2.24, 2.45) is 0 Å². The number of para-hydroxylation sites is 1. The van der Waals surface area contributed by atoms with E-state index in [4.69, 9.17) is 10.5 Å². The van der Waals surface area contributed by atoms with Crippen molar-refractivity contribution in [2.75, 3.05) is 5.73 Å². The van der Waals surface area contributed by atoms with Crippen LogP contribution in [0.15, 0.2) is 49.1 Å². The molecule has 0 fully saturated rings. The minimum Gasteiger partial charge on any atom is -0.455 e. The van der Waals surface area contributed by atoms with Gasteiger partial charge in [0.2, 0.25) is 0 Å². The van der Waals surface area contributed by atoms with Crippen molar-refractivity contribution >= 4 is 5.69 Å². The Hall–Kier alpha value is -2.73. The highest BCUT2D eigenvalue weighted by Crippen LogP contribution is 2.32. The van der Waals surface area contributed by atoms with Gasteiger partial charge >= 0.3 is 0 Å². The average molecular weight is 264 g/mol. The SMILES string of the molecule is C=CCc1cc(N)ccc1Oc1c(C)cccc1C#N. The first kappa shape index (κ1) is 13.7. The van der Waals surface area contributed by atoms with E-state index in [9.17, 15) is 5.26 Å². The van der Waals surface area contributed by atoms with Gasteiger partial charge in [-0.15, -0.1) is 6.58 Å². The van der Waals surface area contributed by atoms with Gasteiger partial charge in [0.1, 0.15) is 17.6 Å². The van der Waals surface area contributed by atoms with Crippen LogP contribution in [0, 0.1) is 18.3 Å². The molecule has 0 aromatic heterocycles. The van der Waals surface area contributed by atoms with E-state index >= 15 is 0 Å². The molecule has 0 bridgehead atoms. The molecule has 0 aliphatic carbocycles. The number of anilines is 1. The van der Waals surface area contributed by atoms with Gasteiger partial charge in [0.25, 0.3) is 0 Å². The summed E-state index contributed by atoms with van der Waals surface area (Å²) in [6.07, 6.45) is 2.46. The van der Waals surface area contributed by atoms with Gasteiger partial charge in [-0.2, -0.15) is 5.26 Å². The summed E-state index contributed by atoms with van der Waals surface area (Å²) in [5.74, 6) is 1.29. The van der Waals surface area contributed by atoms with E-state index in [0.717, 1.165) is 11.1 Å². The van der Waals surface area contributed by atoms with Crippen molar-refractivity contribution < 1.29 is 4.74 Å². The number of nitrogen functional groups attached to an aromatic ring is 1. The van der Waals surface area contributed by atoms with Crippen molar-refractivity contribution in [3.63, 3.8) is 0 Å². The Labute approximate surface area is 118 Å². The summed E-state index contributed by atoms with van der Waals surface area (Å²) in [5, 5.41) is 9.17. The third-order valence-corrected chi connectivity index (χ3v) is 2.99. The van der Waals surface area contributed by atoms with E-state index in [2.05, 4.69) is 12.6 Å². The topological polar surface area (TPSA) is 59.0 Å². The zero-order chi connectivity index (χ0) is 14.5.